The summed E-state index contributed by atoms with van der Waals surface area (Å²) in [4.78, 5) is 2.07. The fourth-order valence-electron chi connectivity index (χ4n) is 3.02. The molecular weight excluding hydrogens is 254 g/mol. The molecule has 0 heterocycles. The molecule has 0 amide bonds. The lowest BCUT2D eigenvalue weighted by molar-refractivity contribution is -0.0370. The second-order valence-corrected chi connectivity index (χ2v) is 5.99. The number of ether oxygens (including phenoxy) is 1. The van der Waals surface area contributed by atoms with Crippen LogP contribution in [-0.2, 0) is 12.1 Å². The van der Waals surface area contributed by atoms with Gasteiger partial charge in [0, 0.05) is 12.1 Å². The standard InChI is InChI=1S/C16H25NO3/c1-17(2)11-13-14(5-4-6-15(13)20-3)16(19)9-7-12(18)8-10-16/h4-6,12,18-19H,7-11H2,1-3H3. The van der Waals surface area contributed by atoms with E-state index >= 15 is 0 Å². The maximum atomic E-state index is 11.0. The van der Waals surface area contributed by atoms with Crippen LogP contribution in [0.2, 0.25) is 0 Å². The van der Waals surface area contributed by atoms with Gasteiger partial charge in [0.2, 0.25) is 0 Å². The Balaban J connectivity index is 2.39. The Kier molecular flexibility index (Phi) is 4.68. The molecule has 0 radical (unpaired) electrons. The van der Waals surface area contributed by atoms with E-state index in [1.54, 1.807) is 7.11 Å². The van der Waals surface area contributed by atoms with E-state index in [9.17, 15) is 10.2 Å². The molecule has 1 aliphatic carbocycles. The maximum absolute atomic E-state index is 11.0. The molecule has 112 valence electrons. The molecule has 1 aromatic rings. The van der Waals surface area contributed by atoms with Crippen LogP contribution in [0, 0.1) is 0 Å². The van der Waals surface area contributed by atoms with E-state index < -0.39 is 5.60 Å². The Hall–Kier alpha value is -1.10. The zero-order chi connectivity index (χ0) is 14.8. The number of hydrogen-bond donors (Lipinski definition) is 2. The molecule has 0 aliphatic heterocycles. The van der Waals surface area contributed by atoms with Gasteiger partial charge in [0.25, 0.3) is 0 Å². The molecule has 0 saturated heterocycles. The summed E-state index contributed by atoms with van der Waals surface area (Å²) in [6.45, 7) is 0.726. The van der Waals surface area contributed by atoms with Crippen LogP contribution in [-0.4, -0.2) is 42.4 Å². The highest BCUT2D eigenvalue weighted by atomic mass is 16.5. The van der Waals surface area contributed by atoms with E-state index in [-0.39, 0.29) is 6.10 Å². The lowest BCUT2D eigenvalue weighted by Gasteiger charge is -2.36. The van der Waals surface area contributed by atoms with Crippen molar-refractivity contribution < 1.29 is 14.9 Å². The van der Waals surface area contributed by atoms with E-state index in [0.29, 0.717) is 25.7 Å². The van der Waals surface area contributed by atoms with Crippen molar-refractivity contribution in [2.75, 3.05) is 21.2 Å². The van der Waals surface area contributed by atoms with Gasteiger partial charge in [-0.05, 0) is 51.4 Å². The van der Waals surface area contributed by atoms with Crippen molar-refractivity contribution in [3.05, 3.63) is 29.3 Å². The predicted octanol–water partition coefficient (Wildman–Crippen LogP) is 1.88. The minimum absolute atomic E-state index is 0.279. The molecule has 1 saturated carbocycles. The third-order valence-corrected chi connectivity index (χ3v) is 4.11. The molecule has 1 aromatic carbocycles. The molecule has 0 unspecified atom stereocenters. The van der Waals surface area contributed by atoms with Gasteiger partial charge in [-0.3, -0.25) is 0 Å². The summed E-state index contributed by atoms with van der Waals surface area (Å²) < 4.78 is 5.46. The average Bonchev–Trinajstić information content (AvgIpc) is 2.42. The number of benzene rings is 1. The van der Waals surface area contributed by atoms with Crippen LogP contribution in [0.5, 0.6) is 5.75 Å². The second-order valence-electron chi connectivity index (χ2n) is 5.99. The normalized spacial score (nSPS) is 26.8. The number of methoxy groups -OCH3 is 1. The zero-order valence-electron chi connectivity index (χ0n) is 12.6. The van der Waals surface area contributed by atoms with Gasteiger partial charge in [0.05, 0.1) is 18.8 Å². The molecule has 2 rings (SSSR count). The van der Waals surface area contributed by atoms with Crippen molar-refractivity contribution >= 4 is 0 Å². The molecule has 0 bridgehead atoms. The first-order valence-electron chi connectivity index (χ1n) is 7.18. The van der Waals surface area contributed by atoms with E-state index in [0.717, 1.165) is 23.4 Å². The summed E-state index contributed by atoms with van der Waals surface area (Å²) in [5.41, 5.74) is 1.13. The van der Waals surface area contributed by atoms with Gasteiger partial charge in [0.15, 0.2) is 0 Å². The number of aliphatic hydroxyl groups excluding tert-OH is 1. The maximum Gasteiger partial charge on any atom is 0.123 e. The smallest absolute Gasteiger partial charge is 0.123 e. The van der Waals surface area contributed by atoms with E-state index in [2.05, 4.69) is 4.90 Å². The summed E-state index contributed by atoms with van der Waals surface area (Å²) in [7, 11) is 5.67. The third-order valence-electron chi connectivity index (χ3n) is 4.11. The Morgan fingerprint density at radius 2 is 1.95 bits per heavy atom. The summed E-state index contributed by atoms with van der Waals surface area (Å²) in [6.07, 6.45) is 2.21. The molecular formula is C16H25NO3. The Labute approximate surface area is 121 Å². The lowest BCUT2D eigenvalue weighted by Crippen LogP contribution is -2.34. The number of nitrogens with zero attached hydrogens (tertiary/aromatic N) is 1. The minimum Gasteiger partial charge on any atom is -0.496 e. The van der Waals surface area contributed by atoms with Crippen LogP contribution >= 0.6 is 0 Å². The van der Waals surface area contributed by atoms with Crippen molar-refractivity contribution in [2.24, 2.45) is 0 Å². The fourth-order valence-corrected chi connectivity index (χ4v) is 3.02. The number of aliphatic hydroxyl groups is 2. The average molecular weight is 279 g/mol. The lowest BCUT2D eigenvalue weighted by atomic mass is 9.76. The molecule has 4 heteroatoms. The Bertz CT molecular complexity index is 451. The summed E-state index contributed by atoms with van der Waals surface area (Å²) in [5.74, 6) is 0.816. The minimum atomic E-state index is -0.848. The Morgan fingerprint density at radius 3 is 2.50 bits per heavy atom. The quantitative estimate of drug-likeness (QED) is 0.883. The zero-order valence-corrected chi connectivity index (χ0v) is 12.6. The molecule has 0 aromatic heterocycles. The molecule has 2 N–H and O–H groups in total. The number of hydrogen-bond acceptors (Lipinski definition) is 4. The van der Waals surface area contributed by atoms with Crippen LogP contribution in [0.1, 0.15) is 36.8 Å². The summed E-state index contributed by atoms with van der Waals surface area (Å²) in [6, 6.07) is 5.85. The predicted molar refractivity (Wildman–Crippen MR) is 78.8 cm³/mol. The van der Waals surface area contributed by atoms with Gasteiger partial charge in [-0.2, -0.15) is 0 Å². The highest BCUT2D eigenvalue weighted by Crippen LogP contribution is 2.41. The van der Waals surface area contributed by atoms with Gasteiger partial charge in [-0.15, -0.1) is 0 Å². The van der Waals surface area contributed by atoms with Gasteiger partial charge < -0.3 is 19.8 Å². The van der Waals surface area contributed by atoms with Gasteiger partial charge in [-0.1, -0.05) is 12.1 Å². The summed E-state index contributed by atoms with van der Waals surface area (Å²) >= 11 is 0. The molecule has 0 spiro atoms. The van der Waals surface area contributed by atoms with E-state index in [1.165, 1.54) is 0 Å². The summed E-state index contributed by atoms with van der Waals surface area (Å²) in [5, 5.41) is 20.6. The highest BCUT2D eigenvalue weighted by Gasteiger charge is 2.36. The molecule has 1 fully saturated rings. The van der Waals surface area contributed by atoms with Crippen LogP contribution in [0.4, 0.5) is 0 Å². The monoisotopic (exact) mass is 279 g/mol. The van der Waals surface area contributed by atoms with Gasteiger partial charge in [-0.25, -0.2) is 0 Å². The second kappa shape index (κ2) is 6.12. The van der Waals surface area contributed by atoms with E-state index in [1.807, 2.05) is 32.3 Å². The number of rotatable bonds is 4. The molecule has 4 nitrogen and oxygen atoms in total. The highest BCUT2D eigenvalue weighted by molar-refractivity contribution is 5.43. The first kappa shape index (κ1) is 15.3. The first-order chi connectivity index (χ1) is 9.46. The van der Waals surface area contributed by atoms with Crippen LogP contribution in [0.15, 0.2) is 18.2 Å². The Morgan fingerprint density at radius 1 is 1.30 bits per heavy atom. The topological polar surface area (TPSA) is 52.9 Å². The van der Waals surface area contributed by atoms with Crippen molar-refractivity contribution in [1.29, 1.82) is 0 Å². The largest absolute Gasteiger partial charge is 0.496 e. The van der Waals surface area contributed by atoms with Crippen molar-refractivity contribution in [3.8, 4) is 5.75 Å². The molecule has 0 atom stereocenters. The van der Waals surface area contributed by atoms with Crippen LogP contribution < -0.4 is 4.74 Å². The van der Waals surface area contributed by atoms with Crippen LogP contribution in [0.25, 0.3) is 0 Å². The van der Waals surface area contributed by atoms with E-state index in [4.69, 9.17) is 4.74 Å². The van der Waals surface area contributed by atoms with Crippen molar-refractivity contribution in [2.45, 2.75) is 43.9 Å². The fraction of sp³-hybridized carbons (Fsp3) is 0.625. The molecule has 20 heavy (non-hydrogen) atoms. The van der Waals surface area contributed by atoms with Gasteiger partial charge >= 0.3 is 0 Å². The SMILES string of the molecule is COc1cccc(C2(O)CCC(O)CC2)c1CN(C)C. The van der Waals surface area contributed by atoms with Crippen molar-refractivity contribution in [1.82, 2.24) is 4.90 Å². The third kappa shape index (κ3) is 3.14. The molecule has 1 aliphatic rings. The van der Waals surface area contributed by atoms with Crippen molar-refractivity contribution in [3.63, 3.8) is 0 Å². The first-order valence-corrected chi connectivity index (χ1v) is 7.18. The van der Waals surface area contributed by atoms with Gasteiger partial charge in [0.1, 0.15) is 5.75 Å². The van der Waals surface area contributed by atoms with Crippen LogP contribution in [0.3, 0.4) is 0 Å².